The van der Waals surface area contributed by atoms with E-state index in [1.165, 1.54) is 18.3 Å². The lowest BCUT2D eigenvalue weighted by Gasteiger charge is -2.14. The number of hydrogen-bond acceptors (Lipinski definition) is 3. The quantitative estimate of drug-likeness (QED) is 0.894. The molecule has 0 bridgehead atoms. The molecule has 1 aromatic carbocycles. The van der Waals surface area contributed by atoms with Crippen LogP contribution in [0.25, 0.3) is 0 Å². The first-order chi connectivity index (χ1) is 9.49. The van der Waals surface area contributed by atoms with Crippen LogP contribution in [0.15, 0.2) is 18.3 Å². The first-order valence-corrected chi connectivity index (χ1v) is 6.69. The zero-order valence-electron chi connectivity index (χ0n) is 10.2. The Bertz CT molecular complexity index is 712. The fraction of sp³-hybridized carbons (Fsp3) is 0.231. The lowest BCUT2D eigenvalue weighted by Crippen LogP contribution is -2.09. The number of carboxylic acids is 1. The highest BCUT2D eigenvalue weighted by Gasteiger charge is 2.31. The number of rotatable bonds is 2. The summed E-state index contributed by atoms with van der Waals surface area (Å²) in [6, 6.07) is 3.02. The molecule has 0 unspecified atom stereocenters. The molecule has 3 rings (SSSR count). The number of phenols is 1. The second-order valence-electron chi connectivity index (χ2n) is 4.67. The van der Waals surface area contributed by atoms with Crippen LogP contribution in [0.2, 0.25) is 10.0 Å². The number of benzene rings is 1. The summed E-state index contributed by atoms with van der Waals surface area (Å²) in [5.41, 5.74) is 0.682. The molecule has 1 aliphatic rings. The largest absolute Gasteiger partial charge is 0.508 e. The van der Waals surface area contributed by atoms with Crippen LogP contribution in [0, 0.1) is 0 Å². The summed E-state index contributed by atoms with van der Waals surface area (Å²) in [5.74, 6) is -0.427. The maximum atomic E-state index is 11.1. The molecule has 2 N–H and O–H groups in total. The van der Waals surface area contributed by atoms with E-state index in [4.69, 9.17) is 28.3 Å². The molecule has 0 spiro atoms. The number of aromatic carboxylic acids is 1. The second kappa shape index (κ2) is 4.68. The number of aromatic hydroxyl groups is 1. The standard InChI is InChI=1S/C13H10Cl2N2O3/c14-7-1-2-9(18)11(12(7)15)6-3-10-16-4-8(13(19)20)17(10)5-6/h1-2,4,6,18H,3,5H2,(H,19,20)/t6-/m1/s1. The first-order valence-electron chi connectivity index (χ1n) is 5.93. The van der Waals surface area contributed by atoms with Crippen LogP contribution in [-0.2, 0) is 13.0 Å². The highest BCUT2D eigenvalue weighted by Crippen LogP contribution is 2.41. The zero-order valence-corrected chi connectivity index (χ0v) is 11.7. The van der Waals surface area contributed by atoms with E-state index in [1.54, 1.807) is 4.57 Å². The van der Waals surface area contributed by atoms with Crippen molar-refractivity contribution < 1.29 is 15.0 Å². The Morgan fingerprint density at radius 1 is 1.40 bits per heavy atom. The topological polar surface area (TPSA) is 75.3 Å². The van der Waals surface area contributed by atoms with Gasteiger partial charge in [-0.2, -0.15) is 0 Å². The summed E-state index contributed by atoms with van der Waals surface area (Å²) >= 11 is 12.1. The van der Waals surface area contributed by atoms with Crippen molar-refractivity contribution in [1.82, 2.24) is 9.55 Å². The van der Waals surface area contributed by atoms with Crippen molar-refractivity contribution in [3.8, 4) is 5.75 Å². The van der Waals surface area contributed by atoms with Crippen molar-refractivity contribution >= 4 is 29.2 Å². The molecule has 2 aromatic rings. The second-order valence-corrected chi connectivity index (χ2v) is 5.46. The summed E-state index contributed by atoms with van der Waals surface area (Å²) in [7, 11) is 0. The minimum atomic E-state index is -1.02. The fourth-order valence-electron chi connectivity index (χ4n) is 2.59. The van der Waals surface area contributed by atoms with E-state index < -0.39 is 5.97 Å². The summed E-state index contributed by atoms with van der Waals surface area (Å²) in [6.07, 6.45) is 1.86. The number of fused-ring (bicyclic) bond motifs is 1. The van der Waals surface area contributed by atoms with E-state index in [2.05, 4.69) is 4.98 Å². The van der Waals surface area contributed by atoms with E-state index in [0.29, 0.717) is 34.4 Å². The summed E-state index contributed by atoms with van der Waals surface area (Å²) < 4.78 is 1.63. The fourth-order valence-corrected chi connectivity index (χ4v) is 3.07. The van der Waals surface area contributed by atoms with Gasteiger partial charge in [-0.15, -0.1) is 0 Å². The van der Waals surface area contributed by atoms with E-state index in [-0.39, 0.29) is 17.4 Å². The monoisotopic (exact) mass is 312 g/mol. The molecule has 0 fully saturated rings. The van der Waals surface area contributed by atoms with Crippen molar-refractivity contribution in [3.63, 3.8) is 0 Å². The zero-order chi connectivity index (χ0) is 14.4. The highest BCUT2D eigenvalue weighted by molar-refractivity contribution is 6.42. The minimum absolute atomic E-state index is 0.0621. The molecular weight excluding hydrogens is 303 g/mol. The molecule has 2 heterocycles. The van der Waals surface area contributed by atoms with Crippen LogP contribution in [-0.4, -0.2) is 25.7 Å². The third-order valence-corrected chi connectivity index (χ3v) is 4.33. The molecule has 0 saturated carbocycles. The Labute approximate surface area is 124 Å². The molecule has 104 valence electrons. The predicted molar refractivity (Wildman–Crippen MR) is 73.8 cm³/mol. The van der Waals surface area contributed by atoms with Crippen molar-refractivity contribution in [2.75, 3.05) is 0 Å². The van der Waals surface area contributed by atoms with E-state index in [0.717, 1.165) is 0 Å². The third kappa shape index (κ3) is 1.94. The molecule has 5 nitrogen and oxygen atoms in total. The molecule has 1 atom stereocenters. The van der Waals surface area contributed by atoms with Crippen LogP contribution in [0.5, 0.6) is 5.75 Å². The number of hydrogen-bond donors (Lipinski definition) is 2. The lowest BCUT2D eigenvalue weighted by atomic mass is 9.96. The molecule has 20 heavy (non-hydrogen) atoms. The molecule has 1 aromatic heterocycles. The number of aromatic nitrogens is 2. The van der Waals surface area contributed by atoms with Gasteiger partial charge in [0.1, 0.15) is 17.3 Å². The molecular formula is C13H10Cl2N2O3. The van der Waals surface area contributed by atoms with Gasteiger partial charge in [0.15, 0.2) is 0 Å². The Balaban J connectivity index is 2.01. The average molecular weight is 313 g/mol. The predicted octanol–water partition coefficient (Wildman–Crippen LogP) is 2.93. The molecule has 0 aliphatic carbocycles. The summed E-state index contributed by atoms with van der Waals surface area (Å²) in [6.45, 7) is 0.407. The Hall–Kier alpha value is -1.72. The van der Waals surface area contributed by atoms with Crippen LogP contribution >= 0.6 is 23.2 Å². The number of imidazole rings is 1. The van der Waals surface area contributed by atoms with Gasteiger partial charge in [0.25, 0.3) is 0 Å². The highest BCUT2D eigenvalue weighted by atomic mass is 35.5. The maximum Gasteiger partial charge on any atom is 0.354 e. The summed E-state index contributed by atoms with van der Waals surface area (Å²) in [4.78, 5) is 15.2. The summed E-state index contributed by atoms with van der Waals surface area (Å²) in [5, 5.41) is 19.7. The van der Waals surface area contributed by atoms with Crippen molar-refractivity contribution in [2.24, 2.45) is 0 Å². The van der Waals surface area contributed by atoms with Gasteiger partial charge >= 0.3 is 5.97 Å². The van der Waals surface area contributed by atoms with Gasteiger partial charge in [0.05, 0.1) is 16.2 Å². The number of carbonyl (C=O) groups is 1. The van der Waals surface area contributed by atoms with E-state index >= 15 is 0 Å². The van der Waals surface area contributed by atoms with Gasteiger partial charge in [0.2, 0.25) is 0 Å². The number of nitrogens with zero attached hydrogens (tertiary/aromatic N) is 2. The molecule has 0 radical (unpaired) electrons. The minimum Gasteiger partial charge on any atom is -0.508 e. The number of carboxylic acid groups (broad SMARTS) is 1. The average Bonchev–Trinajstić information content (AvgIpc) is 2.93. The number of halogens is 2. The van der Waals surface area contributed by atoms with Crippen molar-refractivity contribution in [1.29, 1.82) is 0 Å². The first kappa shape index (κ1) is 13.3. The van der Waals surface area contributed by atoms with E-state index in [9.17, 15) is 9.90 Å². The van der Waals surface area contributed by atoms with Gasteiger partial charge < -0.3 is 14.8 Å². The van der Waals surface area contributed by atoms with Gasteiger partial charge in [-0.25, -0.2) is 9.78 Å². The van der Waals surface area contributed by atoms with Crippen LogP contribution in [0.3, 0.4) is 0 Å². The normalized spacial score (nSPS) is 17.2. The van der Waals surface area contributed by atoms with Crippen LogP contribution in [0.1, 0.15) is 27.8 Å². The van der Waals surface area contributed by atoms with Gasteiger partial charge in [0, 0.05) is 24.4 Å². The maximum absolute atomic E-state index is 11.1. The van der Waals surface area contributed by atoms with E-state index in [1.807, 2.05) is 0 Å². The van der Waals surface area contributed by atoms with Crippen molar-refractivity contribution in [3.05, 3.63) is 45.5 Å². The third-order valence-electron chi connectivity index (χ3n) is 3.51. The van der Waals surface area contributed by atoms with Gasteiger partial charge in [-0.1, -0.05) is 23.2 Å². The lowest BCUT2D eigenvalue weighted by molar-refractivity contribution is 0.0685. The SMILES string of the molecule is O=C(O)c1cnc2n1C[C@H](c1c(O)ccc(Cl)c1Cl)C2. The van der Waals surface area contributed by atoms with Crippen LogP contribution in [0.4, 0.5) is 0 Å². The van der Waals surface area contributed by atoms with Crippen molar-refractivity contribution in [2.45, 2.75) is 18.9 Å². The van der Waals surface area contributed by atoms with Gasteiger partial charge in [-0.05, 0) is 12.1 Å². The number of phenolic OH excluding ortho intramolecular Hbond substituents is 1. The smallest absolute Gasteiger partial charge is 0.354 e. The molecule has 0 saturated heterocycles. The van der Waals surface area contributed by atoms with Crippen LogP contribution < -0.4 is 0 Å². The molecule has 7 heteroatoms. The molecule has 1 aliphatic heterocycles. The van der Waals surface area contributed by atoms with Gasteiger partial charge in [-0.3, -0.25) is 0 Å². The Morgan fingerprint density at radius 2 is 2.15 bits per heavy atom. The Kier molecular flexibility index (Phi) is 3.11. The molecule has 0 amide bonds. The Morgan fingerprint density at radius 3 is 2.85 bits per heavy atom.